The first-order valence-corrected chi connectivity index (χ1v) is 7.18. The van der Waals surface area contributed by atoms with Gasteiger partial charge in [0.05, 0.1) is 17.7 Å². The highest BCUT2D eigenvalue weighted by Crippen LogP contribution is 2.18. The maximum absolute atomic E-state index is 12.0. The van der Waals surface area contributed by atoms with E-state index >= 15 is 0 Å². The molecular weight excluding hydrogens is 312 g/mol. The Kier molecular flexibility index (Phi) is 4.14. The standard InChI is InChI=1S/C13H13BrN2OS/c1-8-3-4-10(5-11(8)14)13(17)15-6-12-9(2)16-7-18-12/h3-5,7H,6H2,1-2H3,(H,15,17). The number of carbonyl (C=O) groups is 1. The van der Waals surface area contributed by atoms with E-state index in [1.165, 1.54) is 0 Å². The minimum atomic E-state index is -0.0662. The Morgan fingerprint density at radius 3 is 2.83 bits per heavy atom. The number of nitrogens with zero attached hydrogens (tertiary/aromatic N) is 1. The molecular formula is C13H13BrN2OS. The van der Waals surface area contributed by atoms with Crippen LogP contribution in [0.25, 0.3) is 0 Å². The lowest BCUT2D eigenvalue weighted by atomic mass is 10.1. The van der Waals surface area contributed by atoms with E-state index in [0.717, 1.165) is 20.6 Å². The predicted octanol–water partition coefficient (Wildman–Crippen LogP) is 3.45. The maximum Gasteiger partial charge on any atom is 0.251 e. The fourth-order valence-electron chi connectivity index (χ4n) is 1.49. The average molecular weight is 325 g/mol. The van der Waals surface area contributed by atoms with Gasteiger partial charge in [-0.1, -0.05) is 22.0 Å². The van der Waals surface area contributed by atoms with E-state index in [1.807, 2.05) is 32.0 Å². The van der Waals surface area contributed by atoms with Crippen molar-refractivity contribution in [1.29, 1.82) is 0 Å². The number of hydrogen-bond acceptors (Lipinski definition) is 3. The van der Waals surface area contributed by atoms with Crippen LogP contribution in [0.4, 0.5) is 0 Å². The quantitative estimate of drug-likeness (QED) is 0.939. The molecule has 0 saturated heterocycles. The van der Waals surface area contributed by atoms with E-state index in [0.29, 0.717) is 12.1 Å². The van der Waals surface area contributed by atoms with Crippen LogP contribution in [0.3, 0.4) is 0 Å². The minimum Gasteiger partial charge on any atom is -0.347 e. The third kappa shape index (κ3) is 2.97. The van der Waals surface area contributed by atoms with Crippen molar-refractivity contribution in [2.24, 2.45) is 0 Å². The Morgan fingerprint density at radius 2 is 2.22 bits per heavy atom. The molecule has 0 atom stereocenters. The first-order chi connectivity index (χ1) is 8.58. The summed E-state index contributed by atoms with van der Waals surface area (Å²) in [6.45, 7) is 4.47. The van der Waals surface area contributed by atoms with E-state index in [9.17, 15) is 4.79 Å². The summed E-state index contributed by atoms with van der Waals surface area (Å²) in [5, 5.41) is 2.90. The average Bonchev–Trinajstić information content (AvgIpc) is 2.75. The zero-order valence-corrected chi connectivity index (χ0v) is 12.6. The Balaban J connectivity index is 2.04. The highest BCUT2D eigenvalue weighted by Gasteiger charge is 2.08. The third-order valence-corrected chi connectivity index (χ3v) is 4.48. The molecule has 18 heavy (non-hydrogen) atoms. The largest absolute Gasteiger partial charge is 0.347 e. The van der Waals surface area contributed by atoms with Gasteiger partial charge in [0.2, 0.25) is 0 Å². The molecule has 0 spiro atoms. The number of thiazole rings is 1. The summed E-state index contributed by atoms with van der Waals surface area (Å²) >= 11 is 4.99. The lowest BCUT2D eigenvalue weighted by Gasteiger charge is -2.06. The van der Waals surface area contributed by atoms with Gasteiger partial charge in [-0.3, -0.25) is 4.79 Å². The summed E-state index contributed by atoms with van der Waals surface area (Å²) in [5.41, 5.74) is 4.55. The molecule has 0 aliphatic heterocycles. The number of amides is 1. The lowest BCUT2D eigenvalue weighted by Crippen LogP contribution is -2.22. The maximum atomic E-state index is 12.0. The molecule has 1 N–H and O–H groups in total. The zero-order valence-electron chi connectivity index (χ0n) is 10.2. The van der Waals surface area contributed by atoms with Crippen LogP contribution in [0.15, 0.2) is 28.2 Å². The second-order valence-corrected chi connectivity index (χ2v) is 5.80. The van der Waals surface area contributed by atoms with Gasteiger partial charge in [-0.25, -0.2) is 4.98 Å². The second-order valence-electron chi connectivity index (χ2n) is 4.01. The normalized spacial score (nSPS) is 10.4. The number of halogens is 1. The van der Waals surface area contributed by atoms with Crippen LogP contribution >= 0.6 is 27.3 Å². The van der Waals surface area contributed by atoms with Gasteiger partial charge in [0, 0.05) is 14.9 Å². The van der Waals surface area contributed by atoms with Gasteiger partial charge >= 0.3 is 0 Å². The SMILES string of the molecule is Cc1ccc(C(=O)NCc2scnc2C)cc1Br. The van der Waals surface area contributed by atoms with Crippen LogP contribution in [-0.2, 0) is 6.54 Å². The van der Waals surface area contributed by atoms with E-state index in [-0.39, 0.29) is 5.91 Å². The van der Waals surface area contributed by atoms with E-state index in [4.69, 9.17) is 0 Å². The van der Waals surface area contributed by atoms with Crippen molar-refractivity contribution < 1.29 is 4.79 Å². The molecule has 0 aliphatic rings. The molecule has 2 aromatic rings. The number of hydrogen-bond donors (Lipinski definition) is 1. The summed E-state index contributed by atoms with van der Waals surface area (Å²) in [7, 11) is 0. The predicted molar refractivity (Wildman–Crippen MR) is 76.9 cm³/mol. The van der Waals surface area contributed by atoms with Crippen molar-refractivity contribution in [3.05, 3.63) is 49.9 Å². The lowest BCUT2D eigenvalue weighted by molar-refractivity contribution is 0.0951. The molecule has 94 valence electrons. The molecule has 5 heteroatoms. The fourth-order valence-corrected chi connectivity index (χ4v) is 2.59. The number of aryl methyl sites for hydroxylation is 2. The van der Waals surface area contributed by atoms with Gasteiger partial charge in [-0.15, -0.1) is 11.3 Å². The fraction of sp³-hybridized carbons (Fsp3) is 0.231. The number of carbonyl (C=O) groups excluding carboxylic acids is 1. The first-order valence-electron chi connectivity index (χ1n) is 5.51. The summed E-state index contributed by atoms with van der Waals surface area (Å²) < 4.78 is 0.948. The summed E-state index contributed by atoms with van der Waals surface area (Å²) in [5.74, 6) is -0.0662. The van der Waals surface area contributed by atoms with Crippen molar-refractivity contribution in [2.75, 3.05) is 0 Å². The Labute approximate surface area is 118 Å². The number of benzene rings is 1. The highest BCUT2D eigenvalue weighted by atomic mass is 79.9. The molecule has 0 saturated carbocycles. The Morgan fingerprint density at radius 1 is 1.44 bits per heavy atom. The van der Waals surface area contributed by atoms with Gasteiger partial charge in [-0.05, 0) is 31.5 Å². The van der Waals surface area contributed by atoms with E-state index < -0.39 is 0 Å². The molecule has 1 amide bonds. The van der Waals surface area contributed by atoms with Crippen molar-refractivity contribution in [1.82, 2.24) is 10.3 Å². The van der Waals surface area contributed by atoms with Crippen molar-refractivity contribution in [2.45, 2.75) is 20.4 Å². The topological polar surface area (TPSA) is 42.0 Å². The van der Waals surface area contributed by atoms with Gasteiger partial charge in [0.1, 0.15) is 0 Å². The van der Waals surface area contributed by atoms with Crippen LogP contribution in [0, 0.1) is 13.8 Å². The molecule has 0 radical (unpaired) electrons. The van der Waals surface area contributed by atoms with Gasteiger partial charge in [-0.2, -0.15) is 0 Å². The zero-order chi connectivity index (χ0) is 13.1. The van der Waals surface area contributed by atoms with Crippen molar-refractivity contribution in [3.8, 4) is 0 Å². The van der Waals surface area contributed by atoms with E-state index in [2.05, 4.69) is 26.2 Å². The van der Waals surface area contributed by atoms with E-state index in [1.54, 1.807) is 16.8 Å². The smallest absolute Gasteiger partial charge is 0.251 e. The molecule has 1 aromatic carbocycles. The Hall–Kier alpha value is -1.20. The minimum absolute atomic E-state index is 0.0662. The van der Waals surface area contributed by atoms with Crippen LogP contribution in [-0.4, -0.2) is 10.9 Å². The molecule has 1 aromatic heterocycles. The Bertz CT molecular complexity index is 580. The number of rotatable bonds is 3. The molecule has 2 rings (SSSR count). The summed E-state index contributed by atoms with van der Waals surface area (Å²) in [4.78, 5) is 17.2. The van der Waals surface area contributed by atoms with Gasteiger partial charge < -0.3 is 5.32 Å². The van der Waals surface area contributed by atoms with Gasteiger partial charge in [0.15, 0.2) is 0 Å². The monoisotopic (exact) mass is 324 g/mol. The third-order valence-electron chi connectivity index (χ3n) is 2.69. The van der Waals surface area contributed by atoms with Crippen molar-refractivity contribution >= 4 is 33.2 Å². The summed E-state index contributed by atoms with van der Waals surface area (Å²) in [6, 6.07) is 5.59. The van der Waals surface area contributed by atoms with Crippen molar-refractivity contribution in [3.63, 3.8) is 0 Å². The molecule has 0 unspecified atom stereocenters. The van der Waals surface area contributed by atoms with Crippen LogP contribution in [0.5, 0.6) is 0 Å². The van der Waals surface area contributed by atoms with Crippen LogP contribution in [0.2, 0.25) is 0 Å². The number of aromatic nitrogens is 1. The number of nitrogens with one attached hydrogen (secondary N) is 1. The van der Waals surface area contributed by atoms with Crippen LogP contribution < -0.4 is 5.32 Å². The highest BCUT2D eigenvalue weighted by molar-refractivity contribution is 9.10. The first kappa shape index (κ1) is 13.2. The molecule has 1 heterocycles. The van der Waals surface area contributed by atoms with Gasteiger partial charge in [0.25, 0.3) is 5.91 Å². The molecule has 3 nitrogen and oxygen atoms in total. The molecule has 0 fully saturated rings. The van der Waals surface area contributed by atoms with Crippen LogP contribution in [0.1, 0.15) is 26.5 Å². The second kappa shape index (κ2) is 5.63. The molecule has 0 aliphatic carbocycles. The summed E-state index contributed by atoms with van der Waals surface area (Å²) in [6.07, 6.45) is 0. The molecule has 0 bridgehead atoms.